The van der Waals surface area contributed by atoms with Gasteiger partial charge in [0.1, 0.15) is 0 Å². The molecule has 0 bridgehead atoms. The molecule has 108 valence electrons. The number of amides is 2. The van der Waals surface area contributed by atoms with E-state index in [0.717, 1.165) is 12.3 Å². The maximum Gasteiger partial charge on any atom is 0.317 e. The van der Waals surface area contributed by atoms with Crippen molar-refractivity contribution in [3.8, 4) is 0 Å². The van der Waals surface area contributed by atoms with Crippen molar-refractivity contribution in [2.75, 3.05) is 19.6 Å². The Hall–Kier alpha value is -1.26. The van der Waals surface area contributed by atoms with E-state index in [2.05, 4.69) is 5.32 Å². The summed E-state index contributed by atoms with van der Waals surface area (Å²) in [5.74, 6) is 0.0534. The quantitative estimate of drug-likeness (QED) is 0.800. The van der Waals surface area contributed by atoms with E-state index in [1.807, 2.05) is 13.8 Å². The number of urea groups is 1. The highest BCUT2D eigenvalue weighted by molar-refractivity contribution is 5.80. The van der Waals surface area contributed by atoms with Gasteiger partial charge in [0.15, 0.2) is 0 Å². The Balaban J connectivity index is 1.85. The molecule has 1 aliphatic heterocycles. The molecule has 1 unspecified atom stereocenters. The van der Waals surface area contributed by atoms with Gasteiger partial charge in [-0.2, -0.15) is 0 Å². The molecule has 5 nitrogen and oxygen atoms in total. The molecular formula is C14H24N2O3. The van der Waals surface area contributed by atoms with Gasteiger partial charge in [0.2, 0.25) is 0 Å². The Morgan fingerprint density at radius 3 is 2.58 bits per heavy atom. The molecule has 19 heavy (non-hydrogen) atoms. The van der Waals surface area contributed by atoms with Gasteiger partial charge in [0.05, 0.1) is 5.41 Å². The van der Waals surface area contributed by atoms with Crippen molar-refractivity contribution < 1.29 is 14.7 Å². The zero-order chi connectivity index (χ0) is 14.0. The van der Waals surface area contributed by atoms with E-state index in [1.165, 1.54) is 12.8 Å². The Bertz CT molecular complexity index is 366. The zero-order valence-electron chi connectivity index (χ0n) is 11.8. The predicted octanol–water partition coefficient (Wildman–Crippen LogP) is 1.93. The van der Waals surface area contributed by atoms with Gasteiger partial charge in [-0.3, -0.25) is 4.79 Å². The summed E-state index contributed by atoms with van der Waals surface area (Å²) in [6.45, 7) is 5.42. The summed E-state index contributed by atoms with van der Waals surface area (Å²) in [6.07, 6.45) is 4.17. The normalized spacial score (nSPS) is 26.8. The van der Waals surface area contributed by atoms with Crippen molar-refractivity contribution in [2.45, 2.75) is 39.5 Å². The minimum absolute atomic E-state index is 0.0364. The number of carbonyl (C=O) groups is 2. The van der Waals surface area contributed by atoms with E-state index in [1.54, 1.807) is 4.90 Å². The van der Waals surface area contributed by atoms with Crippen LogP contribution in [0.2, 0.25) is 0 Å². The van der Waals surface area contributed by atoms with Gasteiger partial charge in [0.25, 0.3) is 0 Å². The van der Waals surface area contributed by atoms with Crippen molar-refractivity contribution in [1.29, 1.82) is 0 Å². The van der Waals surface area contributed by atoms with Crippen LogP contribution >= 0.6 is 0 Å². The number of carboxylic acids is 1. The Morgan fingerprint density at radius 2 is 2.11 bits per heavy atom. The fraction of sp³-hybridized carbons (Fsp3) is 0.857. The summed E-state index contributed by atoms with van der Waals surface area (Å²) < 4.78 is 0. The first-order chi connectivity index (χ1) is 8.95. The molecule has 2 aliphatic rings. The lowest BCUT2D eigenvalue weighted by Gasteiger charge is -2.28. The highest BCUT2D eigenvalue weighted by atomic mass is 16.4. The number of rotatable bonds is 5. The Morgan fingerprint density at radius 1 is 1.42 bits per heavy atom. The lowest BCUT2D eigenvalue weighted by molar-refractivity contribution is -0.150. The third kappa shape index (κ3) is 3.01. The summed E-state index contributed by atoms with van der Waals surface area (Å²) in [7, 11) is 0. The molecule has 0 aromatic rings. The average molecular weight is 268 g/mol. The van der Waals surface area contributed by atoms with Gasteiger partial charge in [0, 0.05) is 19.6 Å². The molecule has 0 aromatic heterocycles. The number of nitrogens with one attached hydrogen (secondary N) is 1. The summed E-state index contributed by atoms with van der Waals surface area (Å²) in [6, 6.07) is -0.107. The molecule has 0 spiro atoms. The van der Waals surface area contributed by atoms with Gasteiger partial charge in [-0.1, -0.05) is 26.7 Å². The summed E-state index contributed by atoms with van der Waals surface area (Å²) in [4.78, 5) is 25.1. The van der Waals surface area contributed by atoms with Gasteiger partial charge in [-0.25, -0.2) is 4.79 Å². The van der Waals surface area contributed by atoms with Gasteiger partial charge in [-0.15, -0.1) is 0 Å². The average Bonchev–Trinajstić information content (AvgIpc) is 3.04. The molecule has 0 aromatic carbocycles. The van der Waals surface area contributed by atoms with Crippen LogP contribution in [0.3, 0.4) is 0 Å². The lowest BCUT2D eigenvalue weighted by Crippen LogP contribution is -2.44. The van der Waals surface area contributed by atoms with Crippen molar-refractivity contribution in [3.05, 3.63) is 0 Å². The maximum atomic E-state index is 12.0. The third-order valence-corrected chi connectivity index (χ3v) is 4.64. The summed E-state index contributed by atoms with van der Waals surface area (Å²) in [5, 5.41) is 12.3. The van der Waals surface area contributed by atoms with Crippen LogP contribution in [0.15, 0.2) is 0 Å². The monoisotopic (exact) mass is 268 g/mol. The van der Waals surface area contributed by atoms with E-state index in [4.69, 9.17) is 0 Å². The number of hydrogen-bond acceptors (Lipinski definition) is 2. The number of aliphatic carboxylic acids is 1. The molecule has 1 heterocycles. The first-order valence-corrected chi connectivity index (χ1v) is 7.22. The van der Waals surface area contributed by atoms with Crippen molar-refractivity contribution in [2.24, 2.45) is 17.3 Å². The molecule has 0 radical (unpaired) electrons. The fourth-order valence-corrected chi connectivity index (χ4v) is 2.80. The van der Waals surface area contributed by atoms with Crippen molar-refractivity contribution in [1.82, 2.24) is 10.2 Å². The molecule has 2 fully saturated rings. The van der Waals surface area contributed by atoms with Crippen LogP contribution in [-0.4, -0.2) is 41.6 Å². The van der Waals surface area contributed by atoms with Crippen LogP contribution in [0.4, 0.5) is 4.79 Å². The molecule has 1 saturated carbocycles. The van der Waals surface area contributed by atoms with E-state index < -0.39 is 11.4 Å². The van der Waals surface area contributed by atoms with E-state index >= 15 is 0 Å². The predicted molar refractivity (Wildman–Crippen MR) is 71.8 cm³/mol. The van der Waals surface area contributed by atoms with Crippen LogP contribution in [0.5, 0.6) is 0 Å². The van der Waals surface area contributed by atoms with Gasteiger partial charge >= 0.3 is 12.0 Å². The second-order valence-electron chi connectivity index (χ2n) is 6.25. The summed E-state index contributed by atoms with van der Waals surface area (Å²) in [5.41, 5.74) is -0.770. The largest absolute Gasteiger partial charge is 0.481 e. The van der Waals surface area contributed by atoms with E-state index in [0.29, 0.717) is 26.1 Å². The van der Waals surface area contributed by atoms with E-state index in [-0.39, 0.29) is 11.9 Å². The molecule has 2 rings (SSSR count). The van der Waals surface area contributed by atoms with Crippen LogP contribution in [-0.2, 0) is 4.79 Å². The van der Waals surface area contributed by atoms with Crippen LogP contribution in [0.1, 0.15) is 39.5 Å². The molecule has 1 aliphatic carbocycles. The number of carboxylic acid groups (broad SMARTS) is 1. The molecule has 5 heteroatoms. The van der Waals surface area contributed by atoms with Crippen LogP contribution in [0, 0.1) is 17.3 Å². The first-order valence-electron chi connectivity index (χ1n) is 7.22. The molecule has 1 saturated heterocycles. The first kappa shape index (κ1) is 14.2. The number of likely N-dealkylation sites (tertiary alicyclic amines) is 1. The highest BCUT2D eigenvalue weighted by Gasteiger charge is 2.48. The lowest BCUT2D eigenvalue weighted by atomic mass is 9.76. The van der Waals surface area contributed by atoms with Crippen LogP contribution in [0.25, 0.3) is 0 Å². The highest BCUT2D eigenvalue weighted by Crippen LogP contribution is 2.38. The SMILES string of the molecule is CC(C)C1(C(=O)O)CCN(C(=O)NCCC2CC2)C1. The van der Waals surface area contributed by atoms with Crippen LogP contribution < -0.4 is 5.32 Å². The standard InChI is InChI=1S/C14H24N2O3/c1-10(2)14(12(17)18)6-8-16(9-14)13(19)15-7-5-11-3-4-11/h10-11H,3-9H2,1-2H3,(H,15,19)(H,17,18). The molecule has 2 N–H and O–H groups in total. The zero-order valence-corrected chi connectivity index (χ0v) is 11.8. The number of carbonyl (C=O) groups excluding carboxylic acids is 1. The van der Waals surface area contributed by atoms with Crippen molar-refractivity contribution >= 4 is 12.0 Å². The van der Waals surface area contributed by atoms with Gasteiger partial charge in [-0.05, 0) is 24.7 Å². The van der Waals surface area contributed by atoms with Crippen molar-refractivity contribution in [3.63, 3.8) is 0 Å². The van der Waals surface area contributed by atoms with Gasteiger partial charge < -0.3 is 15.3 Å². The second-order valence-corrected chi connectivity index (χ2v) is 6.25. The fourth-order valence-electron chi connectivity index (χ4n) is 2.80. The third-order valence-electron chi connectivity index (χ3n) is 4.64. The number of hydrogen-bond donors (Lipinski definition) is 2. The topological polar surface area (TPSA) is 69.6 Å². The molecule has 1 atom stereocenters. The minimum Gasteiger partial charge on any atom is -0.481 e. The maximum absolute atomic E-state index is 12.0. The minimum atomic E-state index is -0.782. The molecular weight excluding hydrogens is 244 g/mol. The van der Waals surface area contributed by atoms with E-state index in [9.17, 15) is 14.7 Å². The molecule has 2 amide bonds. The second kappa shape index (κ2) is 5.39. The Labute approximate surface area is 114 Å². The number of nitrogens with zero attached hydrogens (tertiary/aromatic N) is 1. The smallest absolute Gasteiger partial charge is 0.317 e. The Kier molecular flexibility index (Phi) is 4.02. The summed E-state index contributed by atoms with van der Waals surface area (Å²) >= 11 is 0.